The Hall–Kier alpha value is -1.55. The summed E-state index contributed by atoms with van der Waals surface area (Å²) in [6.07, 6.45) is 0. The molecule has 0 saturated carbocycles. The Bertz CT molecular complexity index is 340. The topological polar surface area (TPSA) is 66.8 Å². The van der Waals surface area contributed by atoms with E-state index in [0.717, 1.165) is 5.56 Å². The lowest BCUT2D eigenvalue weighted by atomic mass is 10.1. The van der Waals surface area contributed by atoms with Crippen LogP contribution in [0.3, 0.4) is 0 Å². The third-order valence-electron chi connectivity index (χ3n) is 2.00. The molecule has 0 fully saturated rings. The molecule has 0 amide bonds. The zero-order chi connectivity index (χ0) is 11.5. The van der Waals surface area contributed by atoms with E-state index in [9.17, 15) is 9.90 Å². The highest BCUT2D eigenvalue weighted by Gasteiger charge is 2.30. The van der Waals surface area contributed by atoms with Gasteiger partial charge >= 0.3 is 5.97 Å². The molecule has 15 heavy (non-hydrogen) atoms. The van der Waals surface area contributed by atoms with Crippen molar-refractivity contribution in [3.63, 3.8) is 0 Å². The van der Waals surface area contributed by atoms with Crippen LogP contribution in [0.15, 0.2) is 24.3 Å². The summed E-state index contributed by atoms with van der Waals surface area (Å²) in [7, 11) is 0. The van der Waals surface area contributed by atoms with Crippen molar-refractivity contribution < 1.29 is 19.7 Å². The SMILES string of the molecule is Cc1ccc(OCC(C)(O)C(=O)O)cc1. The summed E-state index contributed by atoms with van der Waals surface area (Å²) in [6, 6.07) is 7.16. The largest absolute Gasteiger partial charge is 0.490 e. The monoisotopic (exact) mass is 210 g/mol. The lowest BCUT2D eigenvalue weighted by molar-refractivity contribution is -0.159. The standard InChI is InChI=1S/C11H14O4/c1-8-3-5-9(6-4-8)15-7-11(2,14)10(12)13/h3-6,14H,7H2,1-2H3,(H,12,13). The van der Waals surface area contributed by atoms with Crippen molar-refractivity contribution in [2.24, 2.45) is 0 Å². The van der Waals surface area contributed by atoms with Crippen LogP contribution in [0.4, 0.5) is 0 Å². The normalized spacial score (nSPS) is 14.3. The first-order valence-electron chi connectivity index (χ1n) is 4.57. The van der Waals surface area contributed by atoms with Gasteiger partial charge in [-0.05, 0) is 26.0 Å². The summed E-state index contributed by atoms with van der Waals surface area (Å²) in [6.45, 7) is 2.87. The van der Waals surface area contributed by atoms with Crippen LogP contribution in [-0.4, -0.2) is 28.4 Å². The lowest BCUT2D eigenvalue weighted by Gasteiger charge is -2.18. The molecular formula is C11H14O4. The van der Waals surface area contributed by atoms with Gasteiger partial charge in [0, 0.05) is 0 Å². The third kappa shape index (κ3) is 3.25. The summed E-state index contributed by atoms with van der Waals surface area (Å²) >= 11 is 0. The van der Waals surface area contributed by atoms with Gasteiger partial charge in [-0.25, -0.2) is 4.79 Å². The Morgan fingerprint density at radius 3 is 2.40 bits per heavy atom. The van der Waals surface area contributed by atoms with Crippen LogP contribution in [-0.2, 0) is 4.79 Å². The fraction of sp³-hybridized carbons (Fsp3) is 0.364. The van der Waals surface area contributed by atoms with Gasteiger partial charge in [0.25, 0.3) is 0 Å². The zero-order valence-electron chi connectivity index (χ0n) is 8.73. The summed E-state index contributed by atoms with van der Waals surface area (Å²) in [4.78, 5) is 10.6. The molecule has 0 saturated heterocycles. The Labute approximate surface area is 88.1 Å². The molecule has 1 aromatic carbocycles. The minimum absolute atomic E-state index is 0.272. The average Bonchev–Trinajstić information content (AvgIpc) is 2.17. The van der Waals surface area contributed by atoms with E-state index in [4.69, 9.17) is 9.84 Å². The summed E-state index contributed by atoms with van der Waals surface area (Å²) in [5.74, 6) is -0.753. The first-order valence-corrected chi connectivity index (χ1v) is 4.57. The van der Waals surface area contributed by atoms with Crippen molar-refractivity contribution >= 4 is 5.97 Å². The van der Waals surface area contributed by atoms with E-state index in [1.54, 1.807) is 12.1 Å². The fourth-order valence-electron chi connectivity index (χ4n) is 0.920. The number of carboxylic acids is 1. The van der Waals surface area contributed by atoms with Crippen LogP contribution in [0.1, 0.15) is 12.5 Å². The second-order valence-corrected chi connectivity index (χ2v) is 3.68. The molecule has 1 rings (SSSR count). The van der Waals surface area contributed by atoms with Gasteiger partial charge in [-0.1, -0.05) is 17.7 Å². The average molecular weight is 210 g/mol. The number of aliphatic hydroxyl groups is 1. The zero-order valence-corrected chi connectivity index (χ0v) is 8.73. The summed E-state index contributed by atoms with van der Waals surface area (Å²) < 4.78 is 5.16. The van der Waals surface area contributed by atoms with Gasteiger partial charge in [-0.3, -0.25) is 0 Å². The van der Waals surface area contributed by atoms with Gasteiger partial charge in [0.1, 0.15) is 12.4 Å². The first-order chi connectivity index (χ1) is 6.92. The molecule has 0 aliphatic heterocycles. The molecule has 0 bridgehead atoms. The number of aliphatic carboxylic acids is 1. The van der Waals surface area contributed by atoms with E-state index in [2.05, 4.69) is 0 Å². The highest BCUT2D eigenvalue weighted by Crippen LogP contribution is 2.14. The van der Waals surface area contributed by atoms with Crippen LogP contribution < -0.4 is 4.74 Å². The first kappa shape index (κ1) is 11.5. The number of carbonyl (C=O) groups is 1. The number of hydrogen-bond acceptors (Lipinski definition) is 3. The minimum Gasteiger partial charge on any atom is -0.490 e. The van der Waals surface area contributed by atoms with Crippen molar-refractivity contribution in [3.8, 4) is 5.75 Å². The third-order valence-corrected chi connectivity index (χ3v) is 2.00. The molecule has 2 N–H and O–H groups in total. The Kier molecular flexibility index (Phi) is 3.31. The van der Waals surface area contributed by atoms with Crippen LogP contribution in [0.25, 0.3) is 0 Å². The highest BCUT2D eigenvalue weighted by molar-refractivity contribution is 5.76. The van der Waals surface area contributed by atoms with Gasteiger partial charge < -0.3 is 14.9 Å². The van der Waals surface area contributed by atoms with Crippen LogP contribution in [0.5, 0.6) is 5.75 Å². The predicted octanol–water partition coefficient (Wildman–Crippen LogP) is 1.21. The molecule has 82 valence electrons. The van der Waals surface area contributed by atoms with Crippen molar-refractivity contribution in [1.82, 2.24) is 0 Å². The molecule has 4 nitrogen and oxygen atoms in total. The lowest BCUT2D eigenvalue weighted by Crippen LogP contribution is -2.41. The maximum Gasteiger partial charge on any atom is 0.339 e. The second kappa shape index (κ2) is 4.31. The molecule has 0 aliphatic carbocycles. The Morgan fingerprint density at radius 2 is 1.93 bits per heavy atom. The molecule has 0 aliphatic rings. The van der Waals surface area contributed by atoms with Crippen LogP contribution in [0, 0.1) is 6.92 Å². The Balaban J connectivity index is 2.57. The van der Waals surface area contributed by atoms with Crippen molar-refractivity contribution in [2.45, 2.75) is 19.4 Å². The number of aryl methyl sites for hydroxylation is 1. The number of hydrogen-bond donors (Lipinski definition) is 2. The van der Waals surface area contributed by atoms with Crippen molar-refractivity contribution in [2.75, 3.05) is 6.61 Å². The van der Waals surface area contributed by atoms with E-state index < -0.39 is 11.6 Å². The van der Waals surface area contributed by atoms with Crippen LogP contribution >= 0.6 is 0 Å². The number of carboxylic acid groups (broad SMARTS) is 1. The highest BCUT2D eigenvalue weighted by atomic mass is 16.5. The van der Waals surface area contributed by atoms with E-state index >= 15 is 0 Å². The number of ether oxygens (including phenoxy) is 1. The van der Waals surface area contributed by atoms with Crippen LogP contribution in [0.2, 0.25) is 0 Å². The van der Waals surface area contributed by atoms with Gasteiger partial charge in [-0.2, -0.15) is 0 Å². The molecule has 0 spiro atoms. The van der Waals surface area contributed by atoms with Gasteiger partial charge in [0.15, 0.2) is 5.60 Å². The smallest absolute Gasteiger partial charge is 0.339 e. The van der Waals surface area contributed by atoms with Gasteiger partial charge in [0.05, 0.1) is 0 Å². The summed E-state index contributed by atoms with van der Waals surface area (Å²) in [5, 5.41) is 18.0. The molecule has 0 aromatic heterocycles. The quantitative estimate of drug-likeness (QED) is 0.783. The molecule has 1 aromatic rings. The van der Waals surface area contributed by atoms with Gasteiger partial charge in [0.2, 0.25) is 0 Å². The maximum atomic E-state index is 10.6. The van der Waals surface area contributed by atoms with E-state index in [1.807, 2.05) is 19.1 Å². The van der Waals surface area contributed by atoms with Gasteiger partial charge in [-0.15, -0.1) is 0 Å². The number of rotatable bonds is 4. The molecule has 1 unspecified atom stereocenters. The number of benzene rings is 1. The summed E-state index contributed by atoms with van der Waals surface area (Å²) in [5.41, 5.74) is -0.766. The van der Waals surface area contributed by atoms with E-state index in [0.29, 0.717) is 5.75 Å². The molecule has 0 heterocycles. The molecule has 4 heteroatoms. The predicted molar refractivity (Wildman–Crippen MR) is 54.9 cm³/mol. The minimum atomic E-state index is -1.86. The van der Waals surface area contributed by atoms with E-state index in [1.165, 1.54) is 6.92 Å². The fourth-order valence-corrected chi connectivity index (χ4v) is 0.920. The maximum absolute atomic E-state index is 10.6. The van der Waals surface area contributed by atoms with Crippen molar-refractivity contribution in [3.05, 3.63) is 29.8 Å². The van der Waals surface area contributed by atoms with Crippen molar-refractivity contribution in [1.29, 1.82) is 0 Å². The second-order valence-electron chi connectivity index (χ2n) is 3.68. The molecule has 1 atom stereocenters. The Morgan fingerprint density at radius 1 is 1.40 bits per heavy atom. The van der Waals surface area contributed by atoms with E-state index in [-0.39, 0.29) is 6.61 Å². The molecule has 0 radical (unpaired) electrons. The molecular weight excluding hydrogens is 196 g/mol.